The number of hydrogen-bond donors (Lipinski definition) is 3. The summed E-state index contributed by atoms with van der Waals surface area (Å²) in [5.41, 5.74) is 0. The van der Waals surface area contributed by atoms with E-state index in [2.05, 4.69) is 0 Å². The SMILES string of the molecule is [NH2][Hf]([NH2])([NH2])[C]1=CC=CC1. The second-order valence-corrected chi connectivity index (χ2v) is 11.3. The minimum absolute atomic E-state index is 0.880. The normalized spacial score (nSPS) is 18.3. The zero-order valence-corrected chi connectivity index (χ0v) is 8.76. The molecular formula is C5H11HfN3. The third-order valence-corrected chi connectivity index (χ3v) is 6.66. The number of allylic oxidation sites excluding steroid dienone is 4. The molecule has 1 aliphatic carbocycles. The van der Waals surface area contributed by atoms with E-state index in [4.69, 9.17) is 11.2 Å². The number of nitrogens with two attached hydrogens (primary N) is 3. The van der Waals surface area contributed by atoms with Gasteiger partial charge >= 0.3 is 60.0 Å². The predicted molar refractivity (Wildman–Crippen MR) is 34.4 cm³/mol. The molecule has 0 saturated carbocycles. The van der Waals surface area contributed by atoms with Crippen molar-refractivity contribution >= 4 is 0 Å². The molecule has 0 amide bonds. The van der Waals surface area contributed by atoms with Crippen molar-refractivity contribution in [2.75, 3.05) is 0 Å². The maximum atomic E-state index is 5.61. The van der Waals surface area contributed by atoms with Gasteiger partial charge in [0.2, 0.25) is 0 Å². The Kier molecular flexibility index (Phi) is 2.00. The molecule has 0 fully saturated rings. The van der Waals surface area contributed by atoms with Gasteiger partial charge in [0.15, 0.2) is 0 Å². The molecule has 0 aromatic rings. The first-order valence-electron chi connectivity index (χ1n) is 2.83. The molecule has 0 heterocycles. The molecule has 6 N–H and O–H groups in total. The quantitative estimate of drug-likeness (QED) is 0.576. The summed E-state index contributed by atoms with van der Waals surface area (Å²) in [4.78, 5) is 0. The first-order valence-corrected chi connectivity index (χ1v) is 10.9. The minimum atomic E-state index is -3.21. The van der Waals surface area contributed by atoms with E-state index in [0.29, 0.717) is 0 Å². The van der Waals surface area contributed by atoms with Crippen LogP contribution in [0, 0.1) is 0 Å². The Bertz CT molecular complexity index is 166. The van der Waals surface area contributed by atoms with E-state index in [0.717, 1.165) is 9.75 Å². The van der Waals surface area contributed by atoms with Gasteiger partial charge in [0.05, 0.1) is 0 Å². The average Bonchev–Trinajstić information content (AvgIpc) is 2.08. The molecule has 0 aromatic carbocycles. The van der Waals surface area contributed by atoms with Crippen LogP contribution in [0.1, 0.15) is 6.42 Å². The van der Waals surface area contributed by atoms with Crippen molar-refractivity contribution in [1.29, 1.82) is 0 Å². The molecule has 3 nitrogen and oxygen atoms in total. The monoisotopic (exact) mass is 293 g/mol. The van der Waals surface area contributed by atoms with Gasteiger partial charge < -0.3 is 0 Å². The summed E-state index contributed by atoms with van der Waals surface area (Å²) >= 11 is -3.21. The van der Waals surface area contributed by atoms with Crippen LogP contribution in [0.5, 0.6) is 0 Å². The van der Waals surface area contributed by atoms with Gasteiger partial charge in [0.1, 0.15) is 0 Å². The Hall–Kier alpha value is 0.230. The molecule has 9 heavy (non-hydrogen) atoms. The van der Waals surface area contributed by atoms with E-state index in [-0.39, 0.29) is 0 Å². The van der Waals surface area contributed by atoms with E-state index in [1.807, 2.05) is 18.2 Å². The summed E-state index contributed by atoms with van der Waals surface area (Å²) in [6.07, 6.45) is 6.81. The van der Waals surface area contributed by atoms with Gasteiger partial charge in [-0.25, -0.2) is 0 Å². The second kappa shape index (κ2) is 2.46. The van der Waals surface area contributed by atoms with Crippen LogP contribution in [-0.4, -0.2) is 0 Å². The Morgan fingerprint density at radius 2 is 2.00 bits per heavy atom. The van der Waals surface area contributed by atoms with Crippen LogP contribution in [0.4, 0.5) is 0 Å². The fourth-order valence-corrected chi connectivity index (χ4v) is 3.84. The molecule has 0 radical (unpaired) electrons. The van der Waals surface area contributed by atoms with Gasteiger partial charge in [0, 0.05) is 0 Å². The van der Waals surface area contributed by atoms with Gasteiger partial charge in [0.25, 0.3) is 0 Å². The second-order valence-electron chi connectivity index (χ2n) is 2.26. The van der Waals surface area contributed by atoms with Gasteiger partial charge in [-0.3, -0.25) is 0 Å². The van der Waals surface area contributed by atoms with E-state index in [9.17, 15) is 0 Å². The topological polar surface area (TPSA) is 78.1 Å². The molecule has 0 spiro atoms. The van der Waals surface area contributed by atoms with Crippen molar-refractivity contribution < 1.29 is 20.8 Å². The first-order chi connectivity index (χ1) is 4.11. The summed E-state index contributed by atoms with van der Waals surface area (Å²) in [5.74, 6) is 0. The molecule has 1 rings (SSSR count). The van der Waals surface area contributed by atoms with Crippen LogP contribution in [0.3, 0.4) is 0 Å². The Morgan fingerprint density at radius 1 is 1.33 bits per heavy atom. The number of rotatable bonds is 1. The van der Waals surface area contributed by atoms with E-state index in [1.165, 1.54) is 0 Å². The van der Waals surface area contributed by atoms with Crippen LogP contribution >= 0.6 is 0 Å². The van der Waals surface area contributed by atoms with Crippen molar-refractivity contribution in [3.05, 3.63) is 21.6 Å². The average molecular weight is 292 g/mol. The first kappa shape index (κ1) is 7.34. The Labute approximate surface area is 60.1 Å². The molecule has 0 saturated heterocycles. The molecule has 0 unspecified atom stereocenters. The summed E-state index contributed by atoms with van der Waals surface area (Å²) in [6.45, 7) is 0. The molecule has 1 aliphatic rings. The van der Waals surface area contributed by atoms with Gasteiger partial charge in [-0.1, -0.05) is 0 Å². The van der Waals surface area contributed by atoms with Gasteiger partial charge in [-0.15, -0.1) is 0 Å². The standard InChI is InChI=1S/C5H5.Hf.3H2N/c1-2-4-5-3-1;;;;/h1-3H,4H2;;3*1H2/q;+3;3*-1. The van der Waals surface area contributed by atoms with Crippen LogP contribution in [0.25, 0.3) is 0 Å². The van der Waals surface area contributed by atoms with E-state index >= 15 is 0 Å². The molecule has 0 aliphatic heterocycles. The van der Waals surface area contributed by atoms with Gasteiger partial charge in [-0.05, 0) is 0 Å². The Morgan fingerprint density at radius 3 is 2.22 bits per heavy atom. The van der Waals surface area contributed by atoms with Gasteiger partial charge in [-0.2, -0.15) is 0 Å². The fraction of sp³-hybridized carbons (Fsp3) is 0.200. The predicted octanol–water partition coefficient (Wildman–Crippen LogP) is -0.395. The summed E-state index contributed by atoms with van der Waals surface area (Å²) in [5, 5.41) is 0. The van der Waals surface area contributed by atoms with Crippen molar-refractivity contribution in [3.63, 3.8) is 0 Å². The molecule has 50 valence electrons. The molecule has 0 bridgehead atoms. The van der Waals surface area contributed by atoms with Crippen LogP contribution in [0.15, 0.2) is 21.6 Å². The van der Waals surface area contributed by atoms with Crippen molar-refractivity contribution in [2.45, 2.75) is 6.42 Å². The number of hydrogen-bond acceptors (Lipinski definition) is 3. The Balaban J connectivity index is 2.66. The van der Waals surface area contributed by atoms with Crippen LogP contribution in [0.2, 0.25) is 0 Å². The summed E-state index contributed by atoms with van der Waals surface area (Å²) in [6, 6.07) is 0. The zero-order chi connectivity index (χ0) is 6.91. The zero-order valence-electron chi connectivity index (χ0n) is 5.17. The third kappa shape index (κ3) is 1.83. The van der Waals surface area contributed by atoms with Crippen molar-refractivity contribution in [3.8, 4) is 0 Å². The van der Waals surface area contributed by atoms with Crippen molar-refractivity contribution in [1.82, 2.24) is 0 Å². The fourth-order valence-electron chi connectivity index (χ4n) is 0.768. The van der Waals surface area contributed by atoms with E-state index in [1.54, 1.807) is 0 Å². The van der Waals surface area contributed by atoms with E-state index < -0.39 is 20.8 Å². The maximum absolute atomic E-state index is 5.61. The molecule has 0 aromatic heterocycles. The molecule has 4 heteroatoms. The molecule has 0 atom stereocenters. The molecular weight excluding hydrogens is 281 g/mol. The third-order valence-electron chi connectivity index (χ3n) is 1.33. The summed E-state index contributed by atoms with van der Waals surface area (Å²) < 4.78 is 17.9. The van der Waals surface area contributed by atoms with Crippen LogP contribution in [-0.2, 0) is 20.8 Å². The summed E-state index contributed by atoms with van der Waals surface area (Å²) in [7, 11) is 0. The van der Waals surface area contributed by atoms with Crippen molar-refractivity contribution in [2.24, 2.45) is 11.2 Å². The van der Waals surface area contributed by atoms with Crippen LogP contribution < -0.4 is 11.2 Å².